The minimum atomic E-state index is -0.388. The van der Waals surface area contributed by atoms with E-state index in [0.717, 1.165) is 32.5 Å². The van der Waals surface area contributed by atoms with Crippen LogP contribution in [0, 0.1) is 12.7 Å². The molecular weight excluding hydrogens is 343 g/mol. The molecule has 0 bridgehead atoms. The van der Waals surface area contributed by atoms with Gasteiger partial charge in [0.25, 0.3) is 5.91 Å². The standard InChI is InChI=1S/C22H25FN2O2/c1-17-6-2-3-7-18(17)13-24-11-5-10-22(15-24)16-25(21(26)14-27-22)20-9-4-8-19(23)12-20/h2-4,6-9,12H,5,10-11,13-16H2,1H3. The van der Waals surface area contributed by atoms with Crippen LogP contribution in [0.25, 0.3) is 0 Å². The zero-order valence-electron chi connectivity index (χ0n) is 15.7. The lowest BCUT2D eigenvalue weighted by molar-refractivity contribution is -0.146. The van der Waals surface area contributed by atoms with Crippen LogP contribution < -0.4 is 4.90 Å². The molecule has 2 saturated heterocycles. The van der Waals surface area contributed by atoms with Crippen LogP contribution in [0.1, 0.15) is 24.0 Å². The van der Waals surface area contributed by atoms with E-state index in [2.05, 4.69) is 36.1 Å². The molecule has 1 unspecified atom stereocenters. The third kappa shape index (κ3) is 3.89. The SMILES string of the molecule is Cc1ccccc1CN1CCCC2(C1)CN(c1cccc(F)c1)C(=O)CO2. The average Bonchev–Trinajstić information content (AvgIpc) is 2.66. The van der Waals surface area contributed by atoms with Crippen molar-refractivity contribution in [2.75, 3.05) is 31.1 Å². The van der Waals surface area contributed by atoms with Crippen molar-refractivity contribution < 1.29 is 13.9 Å². The Labute approximate surface area is 159 Å². The Balaban J connectivity index is 1.52. The number of carbonyl (C=O) groups is 1. The molecule has 27 heavy (non-hydrogen) atoms. The molecule has 142 valence electrons. The summed E-state index contributed by atoms with van der Waals surface area (Å²) in [5, 5.41) is 0. The number of anilines is 1. The number of benzene rings is 2. The van der Waals surface area contributed by atoms with Gasteiger partial charge >= 0.3 is 0 Å². The molecule has 0 aliphatic carbocycles. The van der Waals surface area contributed by atoms with Crippen molar-refractivity contribution in [3.8, 4) is 0 Å². The number of ether oxygens (including phenoxy) is 1. The van der Waals surface area contributed by atoms with E-state index in [0.29, 0.717) is 12.2 Å². The maximum absolute atomic E-state index is 13.6. The summed E-state index contributed by atoms with van der Waals surface area (Å²) >= 11 is 0. The van der Waals surface area contributed by atoms with Crippen molar-refractivity contribution in [1.82, 2.24) is 4.90 Å². The molecule has 2 heterocycles. The largest absolute Gasteiger partial charge is 0.362 e. The normalized spacial score (nSPS) is 23.8. The van der Waals surface area contributed by atoms with Crippen molar-refractivity contribution >= 4 is 11.6 Å². The van der Waals surface area contributed by atoms with Crippen LogP contribution >= 0.6 is 0 Å². The van der Waals surface area contributed by atoms with Gasteiger partial charge in [-0.2, -0.15) is 0 Å². The Bertz CT molecular complexity index is 841. The fourth-order valence-corrected chi connectivity index (χ4v) is 4.19. The molecule has 0 radical (unpaired) electrons. The van der Waals surface area contributed by atoms with Crippen LogP contribution in [0.5, 0.6) is 0 Å². The van der Waals surface area contributed by atoms with Crippen molar-refractivity contribution in [1.29, 1.82) is 0 Å². The number of hydrogen-bond donors (Lipinski definition) is 0. The summed E-state index contributed by atoms with van der Waals surface area (Å²) in [7, 11) is 0. The number of likely N-dealkylation sites (tertiary alicyclic amines) is 1. The van der Waals surface area contributed by atoms with E-state index in [4.69, 9.17) is 4.74 Å². The number of amides is 1. The zero-order chi connectivity index (χ0) is 18.9. The van der Waals surface area contributed by atoms with Crippen LogP contribution in [-0.2, 0) is 16.1 Å². The molecule has 0 N–H and O–H groups in total. The van der Waals surface area contributed by atoms with Crippen molar-refractivity contribution in [2.24, 2.45) is 0 Å². The second kappa shape index (κ2) is 7.41. The average molecular weight is 368 g/mol. The maximum Gasteiger partial charge on any atom is 0.253 e. The minimum absolute atomic E-state index is 0.0503. The maximum atomic E-state index is 13.6. The number of morpholine rings is 1. The van der Waals surface area contributed by atoms with Crippen molar-refractivity contribution in [3.05, 3.63) is 65.5 Å². The van der Waals surface area contributed by atoms with Gasteiger partial charge in [0.15, 0.2) is 0 Å². The molecule has 4 rings (SSSR count). The fraction of sp³-hybridized carbons (Fsp3) is 0.409. The summed E-state index contributed by atoms with van der Waals surface area (Å²) in [6.07, 6.45) is 1.94. The first-order valence-corrected chi connectivity index (χ1v) is 9.51. The smallest absolute Gasteiger partial charge is 0.253 e. The van der Waals surface area contributed by atoms with Crippen LogP contribution in [-0.4, -0.2) is 42.6 Å². The molecule has 2 aromatic carbocycles. The van der Waals surface area contributed by atoms with Crippen molar-refractivity contribution in [3.63, 3.8) is 0 Å². The third-order valence-electron chi connectivity index (χ3n) is 5.64. The summed E-state index contributed by atoms with van der Waals surface area (Å²) in [5.74, 6) is -0.437. The Morgan fingerprint density at radius 2 is 2.00 bits per heavy atom. The number of hydrogen-bond acceptors (Lipinski definition) is 3. The van der Waals surface area contributed by atoms with Crippen molar-refractivity contribution in [2.45, 2.75) is 31.9 Å². The summed E-state index contributed by atoms with van der Waals surface area (Å²) in [4.78, 5) is 16.5. The van der Waals surface area contributed by atoms with Gasteiger partial charge in [-0.25, -0.2) is 4.39 Å². The second-order valence-corrected chi connectivity index (χ2v) is 7.67. The molecule has 0 saturated carbocycles. The highest BCUT2D eigenvalue weighted by molar-refractivity contribution is 5.95. The van der Waals surface area contributed by atoms with Crippen LogP contribution in [0.4, 0.5) is 10.1 Å². The molecule has 2 aliphatic heterocycles. The molecular formula is C22H25FN2O2. The highest BCUT2D eigenvalue weighted by Gasteiger charge is 2.43. The van der Waals surface area contributed by atoms with Gasteiger partial charge in [0.05, 0.1) is 12.1 Å². The lowest BCUT2D eigenvalue weighted by Crippen LogP contribution is -2.61. The third-order valence-corrected chi connectivity index (χ3v) is 5.64. The lowest BCUT2D eigenvalue weighted by Gasteiger charge is -2.47. The van der Waals surface area contributed by atoms with Crippen LogP contribution in [0.3, 0.4) is 0 Å². The number of rotatable bonds is 3. The van der Waals surface area contributed by atoms with Gasteiger partial charge in [-0.3, -0.25) is 9.69 Å². The topological polar surface area (TPSA) is 32.8 Å². The summed E-state index contributed by atoms with van der Waals surface area (Å²) in [6, 6.07) is 14.7. The molecule has 2 fully saturated rings. The molecule has 4 nitrogen and oxygen atoms in total. The summed E-state index contributed by atoms with van der Waals surface area (Å²) in [6.45, 7) is 5.34. The first kappa shape index (κ1) is 18.1. The molecule has 1 spiro atoms. The second-order valence-electron chi connectivity index (χ2n) is 7.67. The van der Waals surface area contributed by atoms with Gasteiger partial charge in [-0.15, -0.1) is 0 Å². The minimum Gasteiger partial charge on any atom is -0.362 e. The van der Waals surface area contributed by atoms with Crippen LogP contribution in [0.15, 0.2) is 48.5 Å². The molecule has 5 heteroatoms. The summed E-state index contributed by atoms with van der Waals surface area (Å²) < 4.78 is 19.7. The first-order valence-electron chi connectivity index (χ1n) is 9.51. The van der Waals surface area contributed by atoms with E-state index in [1.807, 2.05) is 0 Å². The Morgan fingerprint density at radius 1 is 1.15 bits per heavy atom. The predicted molar refractivity (Wildman–Crippen MR) is 103 cm³/mol. The van der Waals surface area contributed by atoms with E-state index < -0.39 is 0 Å². The number of aryl methyl sites for hydroxylation is 1. The van der Waals surface area contributed by atoms with E-state index in [1.54, 1.807) is 17.0 Å². The molecule has 1 atom stereocenters. The molecule has 1 amide bonds. The van der Waals surface area contributed by atoms with Gasteiger partial charge in [-0.05, 0) is 55.6 Å². The number of carbonyl (C=O) groups excluding carboxylic acids is 1. The highest BCUT2D eigenvalue weighted by atomic mass is 19.1. The number of halogens is 1. The zero-order valence-corrected chi connectivity index (χ0v) is 15.7. The predicted octanol–water partition coefficient (Wildman–Crippen LogP) is 3.53. The number of nitrogens with zero attached hydrogens (tertiary/aromatic N) is 2. The Hall–Kier alpha value is -2.24. The molecule has 2 aromatic rings. The lowest BCUT2D eigenvalue weighted by atomic mass is 9.90. The van der Waals surface area contributed by atoms with E-state index >= 15 is 0 Å². The molecule has 0 aromatic heterocycles. The number of piperidine rings is 1. The van der Waals surface area contributed by atoms with E-state index in [9.17, 15) is 9.18 Å². The highest BCUT2D eigenvalue weighted by Crippen LogP contribution is 2.32. The monoisotopic (exact) mass is 368 g/mol. The quantitative estimate of drug-likeness (QED) is 0.831. The Kier molecular flexibility index (Phi) is 4.98. The van der Waals surface area contributed by atoms with Gasteiger partial charge in [0.1, 0.15) is 12.4 Å². The van der Waals surface area contributed by atoms with Gasteiger partial charge < -0.3 is 9.64 Å². The van der Waals surface area contributed by atoms with E-state index in [1.165, 1.54) is 23.3 Å². The van der Waals surface area contributed by atoms with Gasteiger partial charge in [-0.1, -0.05) is 30.3 Å². The van der Waals surface area contributed by atoms with Gasteiger partial charge in [0, 0.05) is 18.8 Å². The van der Waals surface area contributed by atoms with Gasteiger partial charge in [0.2, 0.25) is 0 Å². The van der Waals surface area contributed by atoms with Crippen LogP contribution in [0.2, 0.25) is 0 Å². The molecule has 2 aliphatic rings. The Morgan fingerprint density at radius 3 is 2.81 bits per heavy atom. The first-order chi connectivity index (χ1) is 13.0. The summed E-state index contributed by atoms with van der Waals surface area (Å²) in [5.41, 5.74) is 2.83. The van der Waals surface area contributed by atoms with E-state index in [-0.39, 0.29) is 23.9 Å². The fourth-order valence-electron chi connectivity index (χ4n) is 4.19.